The minimum Gasteiger partial charge on any atom is -0.478 e. The van der Waals surface area contributed by atoms with E-state index >= 15 is 0 Å². The molecule has 1 aromatic carbocycles. The number of carbonyl (C=O) groups excluding carboxylic acids is 1. The molecule has 0 aliphatic heterocycles. The summed E-state index contributed by atoms with van der Waals surface area (Å²) in [6.45, 7) is 0.263. The summed E-state index contributed by atoms with van der Waals surface area (Å²) in [5.74, 6) is -0.960. The number of amides is 1. The van der Waals surface area contributed by atoms with Crippen LogP contribution in [0.5, 0.6) is 0 Å². The van der Waals surface area contributed by atoms with Crippen molar-refractivity contribution in [1.29, 1.82) is 0 Å². The number of carboxylic acids is 1. The molecule has 92 valence electrons. The normalized spacial score (nSPS) is 9.82. The van der Waals surface area contributed by atoms with Crippen molar-refractivity contribution >= 4 is 17.6 Å². The highest BCUT2D eigenvalue weighted by atomic mass is 16.4. The zero-order valence-corrected chi connectivity index (χ0v) is 10.2. The Balaban J connectivity index is 2.73. The summed E-state index contributed by atoms with van der Waals surface area (Å²) in [5, 5.41) is 8.76. The van der Waals surface area contributed by atoms with Crippen LogP contribution in [-0.4, -0.2) is 49.6 Å². The van der Waals surface area contributed by atoms with Crippen LogP contribution in [0, 0.1) is 0 Å². The van der Waals surface area contributed by atoms with Crippen molar-refractivity contribution in [3.63, 3.8) is 0 Å². The van der Waals surface area contributed by atoms with Crippen molar-refractivity contribution in [3.8, 4) is 0 Å². The number of anilines is 1. The smallest absolute Gasteiger partial charge is 0.335 e. The van der Waals surface area contributed by atoms with Crippen molar-refractivity contribution in [1.82, 2.24) is 4.90 Å². The molecule has 0 aliphatic rings. The first kappa shape index (κ1) is 13.0. The van der Waals surface area contributed by atoms with Crippen LogP contribution in [0.2, 0.25) is 0 Å². The lowest BCUT2D eigenvalue weighted by Gasteiger charge is -2.21. The van der Waals surface area contributed by atoms with E-state index in [4.69, 9.17) is 5.11 Å². The van der Waals surface area contributed by atoms with Gasteiger partial charge in [-0.25, -0.2) is 4.79 Å². The standard InChI is InChI=1S/C12H16N2O3/c1-13(2)11(15)8-14(3)10-6-4-9(5-7-10)12(16)17/h4-7H,8H2,1-3H3,(H,16,17). The maximum absolute atomic E-state index is 11.5. The highest BCUT2D eigenvalue weighted by molar-refractivity contribution is 5.88. The molecule has 0 aliphatic carbocycles. The molecule has 0 heterocycles. The van der Waals surface area contributed by atoms with E-state index in [0.717, 1.165) is 5.69 Å². The molecular formula is C12H16N2O3. The fraction of sp³-hybridized carbons (Fsp3) is 0.333. The van der Waals surface area contributed by atoms with Gasteiger partial charge in [0.2, 0.25) is 5.91 Å². The van der Waals surface area contributed by atoms with Crippen LogP contribution in [0.15, 0.2) is 24.3 Å². The van der Waals surface area contributed by atoms with Gasteiger partial charge in [-0.15, -0.1) is 0 Å². The molecule has 1 N–H and O–H groups in total. The third kappa shape index (κ3) is 3.48. The van der Waals surface area contributed by atoms with E-state index in [9.17, 15) is 9.59 Å². The highest BCUT2D eigenvalue weighted by Crippen LogP contribution is 2.13. The first-order valence-electron chi connectivity index (χ1n) is 5.16. The van der Waals surface area contributed by atoms with Gasteiger partial charge < -0.3 is 14.9 Å². The van der Waals surface area contributed by atoms with Gasteiger partial charge in [0.1, 0.15) is 0 Å². The predicted molar refractivity (Wildman–Crippen MR) is 65.4 cm³/mol. The van der Waals surface area contributed by atoms with E-state index in [-0.39, 0.29) is 18.0 Å². The molecule has 0 aromatic heterocycles. The fourth-order valence-corrected chi connectivity index (χ4v) is 1.29. The molecular weight excluding hydrogens is 220 g/mol. The number of nitrogens with zero attached hydrogens (tertiary/aromatic N) is 2. The van der Waals surface area contributed by atoms with E-state index in [1.165, 1.54) is 17.0 Å². The monoisotopic (exact) mass is 236 g/mol. The van der Waals surface area contributed by atoms with Gasteiger partial charge in [-0.05, 0) is 24.3 Å². The highest BCUT2D eigenvalue weighted by Gasteiger charge is 2.09. The Morgan fingerprint density at radius 2 is 1.65 bits per heavy atom. The van der Waals surface area contributed by atoms with Crippen molar-refractivity contribution in [2.45, 2.75) is 0 Å². The number of likely N-dealkylation sites (N-methyl/N-ethyl adjacent to an activating group) is 2. The molecule has 5 heteroatoms. The molecule has 0 spiro atoms. The lowest BCUT2D eigenvalue weighted by Crippen LogP contribution is -2.34. The fourth-order valence-electron chi connectivity index (χ4n) is 1.29. The quantitative estimate of drug-likeness (QED) is 0.844. The topological polar surface area (TPSA) is 60.9 Å². The molecule has 0 unspecified atom stereocenters. The molecule has 0 saturated carbocycles. The van der Waals surface area contributed by atoms with E-state index in [2.05, 4.69) is 0 Å². The Labute approximate surface area is 100 Å². The average molecular weight is 236 g/mol. The third-order valence-corrected chi connectivity index (χ3v) is 2.43. The molecule has 0 saturated heterocycles. The summed E-state index contributed by atoms with van der Waals surface area (Å²) in [7, 11) is 5.19. The maximum atomic E-state index is 11.5. The maximum Gasteiger partial charge on any atom is 0.335 e. The largest absolute Gasteiger partial charge is 0.478 e. The number of aromatic carboxylic acids is 1. The van der Waals surface area contributed by atoms with Gasteiger partial charge in [-0.1, -0.05) is 0 Å². The minimum absolute atomic E-state index is 0.00480. The van der Waals surface area contributed by atoms with Crippen molar-refractivity contribution in [2.24, 2.45) is 0 Å². The molecule has 0 atom stereocenters. The van der Waals surface area contributed by atoms with E-state index in [1.54, 1.807) is 38.2 Å². The molecule has 0 bridgehead atoms. The van der Waals surface area contributed by atoms with Gasteiger partial charge in [-0.3, -0.25) is 4.79 Å². The number of hydrogen-bond acceptors (Lipinski definition) is 3. The van der Waals surface area contributed by atoms with Gasteiger partial charge in [0, 0.05) is 26.8 Å². The summed E-state index contributed by atoms with van der Waals surface area (Å²) in [6, 6.07) is 6.42. The van der Waals surface area contributed by atoms with Gasteiger partial charge in [-0.2, -0.15) is 0 Å². The van der Waals surface area contributed by atoms with Gasteiger partial charge in [0.05, 0.1) is 12.1 Å². The number of hydrogen-bond donors (Lipinski definition) is 1. The average Bonchev–Trinajstić information content (AvgIpc) is 2.28. The minimum atomic E-state index is -0.955. The zero-order chi connectivity index (χ0) is 13.0. The van der Waals surface area contributed by atoms with Gasteiger partial charge >= 0.3 is 5.97 Å². The molecule has 1 rings (SSSR count). The zero-order valence-electron chi connectivity index (χ0n) is 10.2. The Bertz CT molecular complexity index is 412. The Morgan fingerprint density at radius 1 is 1.12 bits per heavy atom. The Morgan fingerprint density at radius 3 is 2.06 bits per heavy atom. The third-order valence-electron chi connectivity index (χ3n) is 2.43. The molecule has 0 fully saturated rings. The van der Waals surface area contributed by atoms with Crippen LogP contribution in [0.1, 0.15) is 10.4 Å². The molecule has 0 radical (unpaired) electrons. The van der Waals surface area contributed by atoms with E-state index in [1.807, 2.05) is 0 Å². The van der Waals surface area contributed by atoms with Gasteiger partial charge in [0.25, 0.3) is 0 Å². The Kier molecular flexibility index (Phi) is 4.09. The van der Waals surface area contributed by atoms with Crippen molar-refractivity contribution < 1.29 is 14.7 Å². The van der Waals surface area contributed by atoms with Gasteiger partial charge in [0.15, 0.2) is 0 Å². The summed E-state index contributed by atoms with van der Waals surface area (Å²) in [5.41, 5.74) is 1.05. The second-order valence-corrected chi connectivity index (χ2v) is 4.00. The summed E-state index contributed by atoms with van der Waals surface area (Å²) in [6.07, 6.45) is 0. The van der Waals surface area contributed by atoms with Crippen molar-refractivity contribution in [3.05, 3.63) is 29.8 Å². The van der Waals surface area contributed by atoms with Crippen LogP contribution < -0.4 is 4.90 Å². The summed E-state index contributed by atoms with van der Waals surface area (Å²) >= 11 is 0. The first-order chi connectivity index (χ1) is 7.91. The van der Waals surface area contributed by atoms with Crippen LogP contribution in [0.25, 0.3) is 0 Å². The van der Waals surface area contributed by atoms with E-state index < -0.39 is 5.97 Å². The second-order valence-electron chi connectivity index (χ2n) is 4.00. The lowest BCUT2D eigenvalue weighted by atomic mass is 10.2. The number of carboxylic acid groups (broad SMARTS) is 1. The van der Waals surface area contributed by atoms with Crippen LogP contribution in [-0.2, 0) is 4.79 Å². The number of benzene rings is 1. The van der Waals surface area contributed by atoms with Crippen LogP contribution >= 0.6 is 0 Å². The molecule has 1 amide bonds. The summed E-state index contributed by atoms with van der Waals surface area (Å²) in [4.78, 5) is 25.5. The second kappa shape index (κ2) is 5.34. The lowest BCUT2D eigenvalue weighted by molar-refractivity contribution is -0.127. The Hall–Kier alpha value is -2.04. The molecule has 17 heavy (non-hydrogen) atoms. The number of carbonyl (C=O) groups is 2. The van der Waals surface area contributed by atoms with Crippen molar-refractivity contribution in [2.75, 3.05) is 32.6 Å². The van der Waals surface area contributed by atoms with Crippen LogP contribution in [0.3, 0.4) is 0 Å². The van der Waals surface area contributed by atoms with Crippen LogP contribution in [0.4, 0.5) is 5.69 Å². The summed E-state index contributed by atoms with van der Waals surface area (Å²) < 4.78 is 0. The predicted octanol–water partition coefficient (Wildman–Crippen LogP) is 0.909. The first-order valence-corrected chi connectivity index (χ1v) is 5.16. The SMILES string of the molecule is CN(C)C(=O)CN(C)c1ccc(C(=O)O)cc1. The molecule has 5 nitrogen and oxygen atoms in total. The molecule has 1 aromatic rings. The van der Waals surface area contributed by atoms with E-state index in [0.29, 0.717) is 0 Å². The number of rotatable bonds is 4.